The standard InChI is InChI=1S/C12H18BrNO3S/c1-8(2)17-12-6-10(13)5-11(7-12)14-18(15,16)9(3)4/h5-9,14H,1-4H3. The van der Waals surface area contributed by atoms with E-state index in [1.165, 1.54) is 0 Å². The lowest BCUT2D eigenvalue weighted by Gasteiger charge is -2.14. The molecule has 0 spiro atoms. The van der Waals surface area contributed by atoms with Crippen molar-refractivity contribution in [3.8, 4) is 5.75 Å². The fraction of sp³-hybridized carbons (Fsp3) is 0.500. The van der Waals surface area contributed by atoms with Crippen LogP contribution in [0.1, 0.15) is 27.7 Å². The molecule has 102 valence electrons. The number of anilines is 1. The van der Waals surface area contributed by atoms with Crippen LogP contribution in [0.4, 0.5) is 5.69 Å². The number of nitrogens with one attached hydrogen (secondary N) is 1. The Balaban J connectivity index is 3.00. The fourth-order valence-corrected chi connectivity index (χ4v) is 2.40. The molecule has 0 aliphatic carbocycles. The van der Waals surface area contributed by atoms with Crippen LogP contribution in [0.15, 0.2) is 22.7 Å². The number of halogens is 1. The lowest BCUT2D eigenvalue weighted by Crippen LogP contribution is -2.22. The number of benzene rings is 1. The molecule has 0 aromatic heterocycles. The normalized spacial score (nSPS) is 11.9. The van der Waals surface area contributed by atoms with Crippen molar-refractivity contribution in [3.63, 3.8) is 0 Å². The molecule has 1 aromatic rings. The van der Waals surface area contributed by atoms with E-state index in [9.17, 15) is 8.42 Å². The van der Waals surface area contributed by atoms with Gasteiger partial charge in [-0.05, 0) is 39.8 Å². The molecule has 0 atom stereocenters. The smallest absolute Gasteiger partial charge is 0.235 e. The zero-order valence-corrected chi connectivity index (χ0v) is 13.3. The lowest BCUT2D eigenvalue weighted by atomic mass is 10.3. The second-order valence-corrected chi connectivity index (χ2v) is 7.69. The van der Waals surface area contributed by atoms with E-state index in [1.807, 2.05) is 13.8 Å². The molecule has 18 heavy (non-hydrogen) atoms. The van der Waals surface area contributed by atoms with Gasteiger partial charge in [-0.1, -0.05) is 15.9 Å². The Morgan fingerprint density at radius 3 is 2.28 bits per heavy atom. The Hall–Kier alpha value is -0.750. The Kier molecular flexibility index (Phi) is 5.04. The molecule has 1 aromatic carbocycles. The van der Waals surface area contributed by atoms with E-state index in [-0.39, 0.29) is 6.10 Å². The number of sulfonamides is 1. The number of rotatable bonds is 5. The molecule has 0 fully saturated rings. The molecule has 0 amide bonds. The van der Waals surface area contributed by atoms with Crippen LogP contribution in [-0.2, 0) is 10.0 Å². The summed E-state index contributed by atoms with van der Waals surface area (Å²) in [5, 5.41) is -0.481. The van der Waals surface area contributed by atoms with E-state index in [0.29, 0.717) is 11.4 Å². The van der Waals surface area contributed by atoms with Gasteiger partial charge in [-0.25, -0.2) is 8.42 Å². The Morgan fingerprint density at radius 2 is 1.78 bits per heavy atom. The van der Waals surface area contributed by atoms with Crippen molar-refractivity contribution in [1.29, 1.82) is 0 Å². The van der Waals surface area contributed by atoms with Gasteiger partial charge < -0.3 is 4.74 Å². The van der Waals surface area contributed by atoms with Crippen molar-refractivity contribution in [2.24, 2.45) is 0 Å². The van der Waals surface area contributed by atoms with Crippen LogP contribution < -0.4 is 9.46 Å². The van der Waals surface area contributed by atoms with Gasteiger partial charge in [0.05, 0.1) is 17.0 Å². The molecule has 0 aliphatic rings. The zero-order valence-electron chi connectivity index (χ0n) is 10.9. The largest absolute Gasteiger partial charge is 0.491 e. The first kappa shape index (κ1) is 15.3. The summed E-state index contributed by atoms with van der Waals surface area (Å²) in [6.45, 7) is 7.09. The fourth-order valence-electron chi connectivity index (χ4n) is 1.24. The van der Waals surface area contributed by atoms with Gasteiger partial charge in [0, 0.05) is 10.5 Å². The van der Waals surface area contributed by atoms with Crippen LogP contribution in [0.3, 0.4) is 0 Å². The molecule has 0 heterocycles. The molecule has 0 bridgehead atoms. The highest BCUT2D eigenvalue weighted by Gasteiger charge is 2.16. The Morgan fingerprint density at radius 1 is 1.17 bits per heavy atom. The molecule has 1 rings (SSSR count). The topological polar surface area (TPSA) is 55.4 Å². The monoisotopic (exact) mass is 335 g/mol. The highest BCUT2D eigenvalue weighted by Crippen LogP contribution is 2.26. The number of hydrogen-bond donors (Lipinski definition) is 1. The highest BCUT2D eigenvalue weighted by atomic mass is 79.9. The molecular weight excluding hydrogens is 318 g/mol. The quantitative estimate of drug-likeness (QED) is 0.897. The van der Waals surface area contributed by atoms with Crippen LogP contribution >= 0.6 is 15.9 Å². The molecular formula is C12H18BrNO3S. The molecule has 0 unspecified atom stereocenters. The summed E-state index contributed by atoms with van der Waals surface area (Å²) in [4.78, 5) is 0. The Bertz CT molecular complexity index is 512. The Labute approximate surface area is 117 Å². The SMILES string of the molecule is CC(C)Oc1cc(Br)cc(NS(=O)(=O)C(C)C)c1. The lowest BCUT2D eigenvalue weighted by molar-refractivity contribution is 0.242. The van der Waals surface area contributed by atoms with Gasteiger partial charge >= 0.3 is 0 Å². The van der Waals surface area contributed by atoms with Crippen molar-refractivity contribution in [1.82, 2.24) is 0 Å². The second kappa shape index (κ2) is 5.93. The van der Waals surface area contributed by atoms with Crippen LogP contribution in [0, 0.1) is 0 Å². The van der Waals surface area contributed by atoms with Gasteiger partial charge in [0.25, 0.3) is 0 Å². The maximum atomic E-state index is 11.8. The summed E-state index contributed by atoms with van der Waals surface area (Å²) in [6, 6.07) is 5.17. The van der Waals surface area contributed by atoms with Gasteiger partial charge in [0.1, 0.15) is 5.75 Å². The average Bonchev–Trinajstić information content (AvgIpc) is 2.13. The summed E-state index contributed by atoms with van der Waals surface area (Å²) in [6.07, 6.45) is 0.0360. The summed E-state index contributed by atoms with van der Waals surface area (Å²) >= 11 is 3.33. The summed E-state index contributed by atoms with van der Waals surface area (Å²) in [5.74, 6) is 0.626. The van der Waals surface area contributed by atoms with Gasteiger partial charge in [0.2, 0.25) is 10.0 Å². The van der Waals surface area contributed by atoms with Gasteiger partial charge in [-0.2, -0.15) is 0 Å². The van der Waals surface area contributed by atoms with Crippen LogP contribution in [0.25, 0.3) is 0 Å². The van der Waals surface area contributed by atoms with E-state index in [2.05, 4.69) is 20.7 Å². The van der Waals surface area contributed by atoms with Crippen molar-refractivity contribution in [3.05, 3.63) is 22.7 Å². The van der Waals surface area contributed by atoms with Gasteiger partial charge in [-0.3, -0.25) is 4.72 Å². The first-order chi connectivity index (χ1) is 8.20. The summed E-state index contributed by atoms with van der Waals surface area (Å²) in [5.41, 5.74) is 0.494. The maximum absolute atomic E-state index is 11.8. The average molecular weight is 336 g/mol. The maximum Gasteiger partial charge on any atom is 0.235 e. The van der Waals surface area contributed by atoms with E-state index >= 15 is 0 Å². The van der Waals surface area contributed by atoms with Crippen LogP contribution in [-0.4, -0.2) is 19.8 Å². The third-order valence-electron chi connectivity index (χ3n) is 2.12. The highest BCUT2D eigenvalue weighted by molar-refractivity contribution is 9.10. The van der Waals surface area contributed by atoms with Crippen LogP contribution in [0.2, 0.25) is 0 Å². The number of hydrogen-bond acceptors (Lipinski definition) is 3. The molecule has 0 aliphatic heterocycles. The molecule has 0 saturated carbocycles. The molecule has 4 nitrogen and oxygen atoms in total. The summed E-state index contributed by atoms with van der Waals surface area (Å²) in [7, 11) is -3.34. The predicted octanol–water partition coefficient (Wildman–Crippen LogP) is 3.39. The van der Waals surface area contributed by atoms with E-state index < -0.39 is 15.3 Å². The first-order valence-electron chi connectivity index (χ1n) is 5.69. The zero-order chi connectivity index (χ0) is 13.9. The third-order valence-corrected chi connectivity index (χ3v) is 4.34. The van der Waals surface area contributed by atoms with E-state index in [4.69, 9.17) is 4.74 Å². The number of ether oxygens (including phenoxy) is 1. The van der Waals surface area contributed by atoms with Crippen molar-refractivity contribution in [2.75, 3.05) is 4.72 Å². The minimum atomic E-state index is -3.34. The second-order valence-electron chi connectivity index (χ2n) is 4.54. The van der Waals surface area contributed by atoms with Crippen molar-refractivity contribution >= 4 is 31.6 Å². The van der Waals surface area contributed by atoms with Gasteiger partial charge in [-0.15, -0.1) is 0 Å². The molecule has 0 radical (unpaired) electrons. The molecule has 0 saturated heterocycles. The first-order valence-corrected chi connectivity index (χ1v) is 8.03. The minimum Gasteiger partial charge on any atom is -0.491 e. The minimum absolute atomic E-state index is 0.0360. The summed E-state index contributed by atoms with van der Waals surface area (Å²) < 4.78 is 32.4. The predicted molar refractivity (Wildman–Crippen MR) is 77.6 cm³/mol. The van der Waals surface area contributed by atoms with E-state index in [0.717, 1.165) is 4.47 Å². The molecule has 1 N–H and O–H groups in total. The van der Waals surface area contributed by atoms with Crippen molar-refractivity contribution in [2.45, 2.75) is 39.0 Å². The molecule has 6 heteroatoms. The van der Waals surface area contributed by atoms with E-state index in [1.54, 1.807) is 32.0 Å². The van der Waals surface area contributed by atoms with Crippen LogP contribution in [0.5, 0.6) is 5.75 Å². The third kappa shape index (κ3) is 4.49. The van der Waals surface area contributed by atoms with Crippen molar-refractivity contribution < 1.29 is 13.2 Å². The van der Waals surface area contributed by atoms with Gasteiger partial charge in [0.15, 0.2) is 0 Å².